The Morgan fingerprint density at radius 2 is 1.48 bits per heavy atom. The predicted molar refractivity (Wildman–Crippen MR) is 84.0 cm³/mol. The lowest BCUT2D eigenvalue weighted by atomic mass is 9.87. The molecule has 0 unspecified atom stereocenters. The quantitative estimate of drug-likeness (QED) is 0.510. The summed E-state index contributed by atoms with van der Waals surface area (Å²) in [6.07, 6.45) is 3.02. The summed E-state index contributed by atoms with van der Waals surface area (Å²) in [4.78, 5) is 32.3. The van der Waals surface area contributed by atoms with E-state index in [9.17, 15) is 9.90 Å². The molecule has 8 nitrogen and oxygen atoms in total. The van der Waals surface area contributed by atoms with Crippen LogP contribution in [0.15, 0.2) is 0 Å². The zero-order chi connectivity index (χ0) is 17.8. The van der Waals surface area contributed by atoms with Gasteiger partial charge in [0.15, 0.2) is 0 Å². The molecule has 0 aromatic heterocycles. The van der Waals surface area contributed by atoms with Crippen LogP contribution in [-0.2, 0) is 14.4 Å². The van der Waals surface area contributed by atoms with Crippen molar-refractivity contribution in [3.63, 3.8) is 0 Å². The Labute approximate surface area is 136 Å². The second-order valence-electron chi connectivity index (χ2n) is 5.43. The van der Waals surface area contributed by atoms with Gasteiger partial charge in [0.25, 0.3) is 0 Å². The van der Waals surface area contributed by atoms with Crippen molar-refractivity contribution in [2.24, 2.45) is 5.92 Å². The molecule has 0 radical (unpaired) electrons. The zero-order valence-electron chi connectivity index (χ0n) is 13.8. The van der Waals surface area contributed by atoms with Crippen LogP contribution in [0.5, 0.6) is 0 Å². The van der Waals surface area contributed by atoms with E-state index in [2.05, 4.69) is 24.1 Å². The first-order valence-corrected chi connectivity index (χ1v) is 7.96. The lowest BCUT2D eigenvalue weighted by Crippen LogP contribution is -2.39. The molecule has 1 aliphatic carbocycles. The summed E-state index contributed by atoms with van der Waals surface area (Å²) in [6.45, 7) is 7.99. The SMILES string of the molecule is CCN(CC)CCNC(=O)C1CCC(O)CC1.O=C(O)C(=O)O. The van der Waals surface area contributed by atoms with Crippen molar-refractivity contribution in [2.75, 3.05) is 26.2 Å². The number of amides is 1. The minimum Gasteiger partial charge on any atom is -0.473 e. The van der Waals surface area contributed by atoms with Crippen LogP contribution in [0.3, 0.4) is 0 Å². The average Bonchev–Trinajstić information content (AvgIpc) is 2.52. The summed E-state index contributed by atoms with van der Waals surface area (Å²) in [5.74, 6) is -3.36. The maximum absolute atomic E-state index is 11.9. The van der Waals surface area contributed by atoms with Crippen molar-refractivity contribution >= 4 is 17.8 Å². The molecule has 1 rings (SSSR count). The first-order valence-electron chi connectivity index (χ1n) is 7.96. The van der Waals surface area contributed by atoms with Crippen molar-refractivity contribution in [2.45, 2.75) is 45.6 Å². The molecule has 0 aromatic rings. The number of aliphatic hydroxyl groups is 1. The van der Waals surface area contributed by atoms with E-state index in [1.165, 1.54) is 0 Å². The molecule has 0 aliphatic heterocycles. The number of hydrogen-bond donors (Lipinski definition) is 4. The van der Waals surface area contributed by atoms with Crippen molar-refractivity contribution in [1.29, 1.82) is 0 Å². The Hall–Kier alpha value is -1.67. The maximum atomic E-state index is 11.9. The third-order valence-electron chi connectivity index (χ3n) is 3.87. The van der Waals surface area contributed by atoms with Gasteiger partial charge in [-0.25, -0.2) is 9.59 Å². The third kappa shape index (κ3) is 9.85. The van der Waals surface area contributed by atoms with E-state index in [-0.39, 0.29) is 17.9 Å². The van der Waals surface area contributed by atoms with Gasteiger partial charge in [-0.05, 0) is 38.8 Å². The van der Waals surface area contributed by atoms with Gasteiger partial charge >= 0.3 is 11.9 Å². The fourth-order valence-electron chi connectivity index (χ4n) is 2.36. The van der Waals surface area contributed by atoms with Crippen LogP contribution in [0, 0.1) is 5.92 Å². The molecule has 0 saturated heterocycles. The molecular weight excluding hydrogens is 304 g/mol. The Balaban J connectivity index is 0.000000688. The van der Waals surface area contributed by atoms with Crippen LogP contribution < -0.4 is 5.32 Å². The van der Waals surface area contributed by atoms with Gasteiger partial charge in [0, 0.05) is 19.0 Å². The smallest absolute Gasteiger partial charge is 0.414 e. The number of aliphatic hydroxyl groups excluding tert-OH is 1. The van der Waals surface area contributed by atoms with Crippen molar-refractivity contribution < 1.29 is 29.7 Å². The standard InChI is InChI=1S/C13H26N2O2.C2H2O4/c1-3-15(4-2)10-9-14-13(17)11-5-7-12(16)8-6-11;3-1(4)2(5)6/h11-12,16H,3-10H2,1-2H3,(H,14,17);(H,3,4)(H,5,6). The largest absolute Gasteiger partial charge is 0.473 e. The summed E-state index contributed by atoms with van der Waals surface area (Å²) >= 11 is 0. The second kappa shape index (κ2) is 11.8. The Morgan fingerprint density at radius 1 is 1.00 bits per heavy atom. The van der Waals surface area contributed by atoms with Crippen LogP contribution in [0.4, 0.5) is 0 Å². The van der Waals surface area contributed by atoms with Crippen molar-refractivity contribution in [3.8, 4) is 0 Å². The molecule has 0 aromatic carbocycles. The Morgan fingerprint density at radius 3 is 1.87 bits per heavy atom. The monoisotopic (exact) mass is 332 g/mol. The highest BCUT2D eigenvalue weighted by molar-refractivity contribution is 6.27. The molecule has 8 heteroatoms. The lowest BCUT2D eigenvalue weighted by molar-refractivity contribution is -0.159. The van der Waals surface area contributed by atoms with Gasteiger partial charge in [0.05, 0.1) is 6.10 Å². The summed E-state index contributed by atoms with van der Waals surface area (Å²) < 4.78 is 0. The number of nitrogens with zero attached hydrogens (tertiary/aromatic N) is 1. The highest BCUT2D eigenvalue weighted by Crippen LogP contribution is 2.24. The van der Waals surface area contributed by atoms with Gasteiger partial charge in [0.1, 0.15) is 0 Å². The second-order valence-corrected chi connectivity index (χ2v) is 5.43. The van der Waals surface area contributed by atoms with E-state index in [4.69, 9.17) is 19.8 Å². The molecule has 4 N–H and O–H groups in total. The van der Waals surface area contributed by atoms with E-state index in [1.807, 2.05) is 0 Å². The van der Waals surface area contributed by atoms with Gasteiger partial charge < -0.3 is 25.5 Å². The molecule has 134 valence electrons. The van der Waals surface area contributed by atoms with Gasteiger partial charge in [-0.1, -0.05) is 13.8 Å². The molecule has 23 heavy (non-hydrogen) atoms. The lowest BCUT2D eigenvalue weighted by Gasteiger charge is -2.25. The van der Waals surface area contributed by atoms with Crippen LogP contribution in [0.25, 0.3) is 0 Å². The minimum absolute atomic E-state index is 0.120. The predicted octanol–water partition coefficient (Wildman–Crippen LogP) is 0.151. The average molecular weight is 332 g/mol. The fraction of sp³-hybridized carbons (Fsp3) is 0.800. The number of rotatable bonds is 6. The van der Waals surface area contributed by atoms with E-state index >= 15 is 0 Å². The molecule has 1 saturated carbocycles. The summed E-state index contributed by atoms with van der Waals surface area (Å²) in [5.41, 5.74) is 0. The number of likely N-dealkylation sites (N-methyl/N-ethyl adjacent to an activating group) is 1. The molecule has 0 spiro atoms. The van der Waals surface area contributed by atoms with Crippen LogP contribution in [-0.4, -0.2) is 70.3 Å². The van der Waals surface area contributed by atoms with E-state index in [0.717, 1.165) is 51.9 Å². The van der Waals surface area contributed by atoms with Gasteiger partial charge in [-0.15, -0.1) is 0 Å². The summed E-state index contributed by atoms with van der Waals surface area (Å²) in [7, 11) is 0. The number of aliphatic carboxylic acids is 2. The molecular formula is C15H28N2O6. The molecule has 1 aliphatic rings. The highest BCUT2D eigenvalue weighted by Gasteiger charge is 2.24. The fourth-order valence-corrected chi connectivity index (χ4v) is 2.36. The molecule has 0 atom stereocenters. The molecule has 1 fully saturated rings. The van der Waals surface area contributed by atoms with E-state index in [0.29, 0.717) is 0 Å². The van der Waals surface area contributed by atoms with Crippen LogP contribution in [0.2, 0.25) is 0 Å². The van der Waals surface area contributed by atoms with E-state index in [1.54, 1.807) is 0 Å². The van der Waals surface area contributed by atoms with Gasteiger partial charge in [-0.2, -0.15) is 0 Å². The number of nitrogens with one attached hydrogen (secondary N) is 1. The van der Waals surface area contributed by atoms with Gasteiger partial charge in [-0.3, -0.25) is 4.79 Å². The van der Waals surface area contributed by atoms with Crippen LogP contribution in [0.1, 0.15) is 39.5 Å². The Bertz CT molecular complexity index is 364. The highest BCUT2D eigenvalue weighted by atomic mass is 16.4. The number of carbonyl (C=O) groups is 3. The van der Waals surface area contributed by atoms with Crippen molar-refractivity contribution in [1.82, 2.24) is 10.2 Å². The number of carboxylic acids is 2. The van der Waals surface area contributed by atoms with E-state index < -0.39 is 11.9 Å². The van der Waals surface area contributed by atoms with Gasteiger partial charge in [0.2, 0.25) is 5.91 Å². The third-order valence-corrected chi connectivity index (χ3v) is 3.87. The van der Waals surface area contributed by atoms with Crippen molar-refractivity contribution in [3.05, 3.63) is 0 Å². The number of carbonyl (C=O) groups excluding carboxylic acids is 1. The first kappa shape index (κ1) is 21.3. The summed E-state index contributed by atoms with van der Waals surface area (Å²) in [6, 6.07) is 0. The van der Waals surface area contributed by atoms with Crippen LogP contribution >= 0.6 is 0 Å². The molecule has 0 bridgehead atoms. The molecule has 0 heterocycles. The first-order chi connectivity index (χ1) is 10.8. The number of hydrogen-bond acceptors (Lipinski definition) is 5. The zero-order valence-corrected chi connectivity index (χ0v) is 13.8. The topological polar surface area (TPSA) is 127 Å². The minimum atomic E-state index is -1.82. The maximum Gasteiger partial charge on any atom is 0.414 e. The number of carboxylic acid groups (broad SMARTS) is 2. The molecule has 1 amide bonds. The normalized spacial score (nSPS) is 20.3. The summed E-state index contributed by atoms with van der Waals surface area (Å²) in [5, 5.41) is 27.2. The Kier molecular flexibility index (Phi) is 11.0.